The molecule has 0 N–H and O–H groups in total. The molecule has 0 rings (SSSR count). The fourth-order valence-corrected chi connectivity index (χ4v) is 4.10. The highest BCUT2D eigenvalue weighted by Gasteiger charge is 2.33. The molecular weight excluding hydrogens is 264 g/mol. The average molecular weight is 293 g/mol. The number of hydrogen-bond acceptors (Lipinski definition) is 4. The van der Waals surface area contributed by atoms with Crippen LogP contribution in [0.25, 0.3) is 0 Å². The maximum Gasteiger partial charge on any atom is 0.308 e. The first-order valence-corrected chi connectivity index (χ1v) is 8.74. The Bertz CT molecular complexity index is 271. The van der Waals surface area contributed by atoms with Crippen LogP contribution in [-0.4, -0.2) is 21.6 Å². The summed E-state index contributed by atoms with van der Waals surface area (Å²) in [6.45, 7) is 16.5. The van der Waals surface area contributed by atoms with Gasteiger partial charge in [0.2, 0.25) is 0 Å². The molecule has 0 aliphatic heterocycles. The molecule has 0 unspecified atom stereocenters. The Morgan fingerprint density at radius 1 is 1.11 bits per heavy atom. The van der Waals surface area contributed by atoms with Gasteiger partial charge in [0, 0.05) is 16.4 Å². The first-order chi connectivity index (χ1) is 7.95. The Labute approximate surface area is 120 Å². The molecule has 0 amide bonds. The first-order valence-electron chi connectivity index (χ1n) is 6.52. The van der Waals surface area contributed by atoms with Gasteiger partial charge in [-0.2, -0.15) is 0 Å². The Morgan fingerprint density at radius 2 is 1.61 bits per heavy atom. The van der Waals surface area contributed by atoms with E-state index in [2.05, 4.69) is 27.7 Å². The highest BCUT2D eigenvalue weighted by Crippen LogP contribution is 2.43. The van der Waals surface area contributed by atoms with Crippen LogP contribution < -0.4 is 0 Å². The largest absolute Gasteiger partial charge is 0.459 e. The topological polar surface area (TPSA) is 26.3 Å². The molecule has 0 radical (unpaired) electrons. The van der Waals surface area contributed by atoms with Crippen molar-refractivity contribution in [1.82, 2.24) is 0 Å². The zero-order valence-electron chi connectivity index (χ0n) is 13.0. The van der Waals surface area contributed by atoms with Crippen molar-refractivity contribution in [3.63, 3.8) is 0 Å². The summed E-state index contributed by atoms with van der Waals surface area (Å²) >= 11 is 0. The average Bonchev–Trinajstić information content (AvgIpc) is 2.12. The molecule has 0 fully saturated rings. The van der Waals surface area contributed by atoms with Crippen molar-refractivity contribution in [1.29, 1.82) is 0 Å². The standard InChI is InChI=1S/C14H28O2S2/c1-10(2)12(15)16-13(5,6)9-14(7,8)18-17-11(3)4/h10-11H,9H2,1-8H3. The van der Waals surface area contributed by atoms with E-state index in [1.807, 2.05) is 49.3 Å². The molecule has 0 bridgehead atoms. The van der Waals surface area contributed by atoms with Crippen LogP contribution in [0.15, 0.2) is 0 Å². The molecule has 0 atom stereocenters. The van der Waals surface area contributed by atoms with Gasteiger partial charge in [0.25, 0.3) is 0 Å². The van der Waals surface area contributed by atoms with Crippen molar-refractivity contribution in [3.05, 3.63) is 0 Å². The summed E-state index contributed by atoms with van der Waals surface area (Å²) in [5, 5.41) is 0.607. The van der Waals surface area contributed by atoms with E-state index in [0.29, 0.717) is 5.25 Å². The molecule has 0 aliphatic carbocycles. The number of ether oxygens (including phenoxy) is 1. The number of rotatable bonds is 7. The minimum Gasteiger partial charge on any atom is -0.459 e. The van der Waals surface area contributed by atoms with Gasteiger partial charge in [-0.1, -0.05) is 49.3 Å². The van der Waals surface area contributed by atoms with E-state index in [-0.39, 0.29) is 16.6 Å². The molecular formula is C14H28O2S2. The monoisotopic (exact) mass is 292 g/mol. The summed E-state index contributed by atoms with van der Waals surface area (Å²) in [5.41, 5.74) is -0.407. The molecule has 0 aromatic carbocycles. The van der Waals surface area contributed by atoms with Gasteiger partial charge >= 0.3 is 5.97 Å². The quantitative estimate of drug-likeness (QED) is 0.491. The third kappa shape index (κ3) is 8.30. The maximum atomic E-state index is 11.7. The summed E-state index contributed by atoms with van der Waals surface area (Å²) < 4.78 is 5.67. The summed E-state index contributed by atoms with van der Waals surface area (Å²) in [5.74, 6) is -0.178. The second kappa shape index (κ2) is 7.09. The molecule has 0 spiro atoms. The summed E-state index contributed by atoms with van der Waals surface area (Å²) in [7, 11) is 3.75. The van der Waals surface area contributed by atoms with E-state index in [4.69, 9.17) is 4.74 Å². The Morgan fingerprint density at radius 3 is 2.00 bits per heavy atom. The zero-order valence-corrected chi connectivity index (χ0v) is 14.6. The fourth-order valence-electron chi connectivity index (χ4n) is 1.71. The van der Waals surface area contributed by atoms with E-state index in [0.717, 1.165) is 6.42 Å². The van der Waals surface area contributed by atoms with Crippen LogP contribution >= 0.6 is 21.6 Å². The van der Waals surface area contributed by atoms with Gasteiger partial charge in [0.15, 0.2) is 0 Å². The van der Waals surface area contributed by atoms with Gasteiger partial charge in [-0.15, -0.1) is 0 Å². The highest BCUT2D eigenvalue weighted by molar-refractivity contribution is 8.77. The molecule has 0 aliphatic rings. The Kier molecular flexibility index (Phi) is 7.15. The van der Waals surface area contributed by atoms with Crippen molar-refractivity contribution in [2.45, 2.75) is 77.4 Å². The van der Waals surface area contributed by atoms with Gasteiger partial charge in [0.05, 0.1) is 5.92 Å². The van der Waals surface area contributed by atoms with Gasteiger partial charge in [-0.3, -0.25) is 4.79 Å². The molecule has 0 saturated heterocycles. The SMILES string of the molecule is CC(C)SSC(C)(C)CC(C)(C)OC(=O)C(C)C. The van der Waals surface area contributed by atoms with Crippen molar-refractivity contribution >= 4 is 27.6 Å². The summed E-state index contributed by atoms with van der Waals surface area (Å²) in [6.07, 6.45) is 0.850. The smallest absolute Gasteiger partial charge is 0.308 e. The Hall–Kier alpha value is 0.170. The molecule has 2 nitrogen and oxygen atoms in total. The number of carbonyl (C=O) groups excluding carboxylic acids is 1. The number of esters is 1. The van der Waals surface area contributed by atoms with Crippen LogP contribution in [0.3, 0.4) is 0 Å². The normalized spacial score (nSPS) is 13.2. The van der Waals surface area contributed by atoms with Crippen LogP contribution in [0.5, 0.6) is 0 Å². The Balaban J connectivity index is 4.41. The van der Waals surface area contributed by atoms with E-state index in [1.54, 1.807) is 0 Å². The van der Waals surface area contributed by atoms with Crippen molar-refractivity contribution in [2.24, 2.45) is 5.92 Å². The summed E-state index contributed by atoms with van der Waals surface area (Å²) in [4.78, 5) is 11.7. The van der Waals surface area contributed by atoms with Gasteiger partial charge in [0.1, 0.15) is 5.60 Å². The van der Waals surface area contributed by atoms with Crippen LogP contribution in [0.4, 0.5) is 0 Å². The highest BCUT2D eigenvalue weighted by atomic mass is 33.1. The zero-order chi connectivity index (χ0) is 14.6. The number of carbonyl (C=O) groups is 1. The lowest BCUT2D eigenvalue weighted by molar-refractivity contribution is -0.161. The molecule has 0 saturated carbocycles. The first kappa shape index (κ1) is 18.2. The molecule has 0 aromatic heterocycles. The third-order valence-corrected chi connectivity index (χ3v) is 6.04. The van der Waals surface area contributed by atoms with Gasteiger partial charge in [-0.25, -0.2) is 0 Å². The molecule has 18 heavy (non-hydrogen) atoms. The predicted molar refractivity (Wildman–Crippen MR) is 84.0 cm³/mol. The predicted octanol–water partition coefficient (Wildman–Crippen LogP) is 4.92. The van der Waals surface area contributed by atoms with Gasteiger partial charge < -0.3 is 4.74 Å². The lowest BCUT2D eigenvalue weighted by atomic mass is 9.95. The number of hydrogen-bond donors (Lipinski definition) is 0. The van der Waals surface area contributed by atoms with Crippen molar-refractivity contribution in [3.8, 4) is 0 Å². The van der Waals surface area contributed by atoms with Crippen LogP contribution in [-0.2, 0) is 9.53 Å². The molecule has 0 aromatic rings. The maximum absolute atomic E-state index is 11.7. The molecule has 0 heterocycles. The lowest BCUT2D eigenvalue weighted by Crippen LogP contribution is -2.36. The van der Waals surface area contributed by atoms with Crippen LogP contribution in [0.1, 0.15) is 61.8 Å². The minimum atomic E-state index is -0.407. The molecule has 108 valence electrons. The third-order valence-electron chi connectivity index (χ3n) is 2.17. The van der Waals surface area contributed by atoms with Gasteiger partial charge in [-0.05, 0) is 27.7 Å². The fraction of sp³-hybridized carbons (Fsp3) is 0.929. The minimum absolute atomic E-state index is 0.0647. The second-order valence-corrected chi connectivity index (χ2v) is 9.98. The summed E-state index contributed by atoms with van der Waals surface area (Å²) in [6, 6.07) is 0. The van der Waals surface area contributed by atoms with E-state index >= 15 is 0 Å². The van der Waals surface area contributed by atoms with E-state index in [1.165, 1.54) is 0 Å². The van der Waals surface area contributed by atoms with E-state index in [9.17, 15) is 4.79 Å². The van der Waals surface area contributed by atoms with Crippen molar-refractivity contribution in [2.75, 3.05) is 0 Å². The molecule has 4 heteroatoms. The van der Waals surface area contributed by atoms with Crippen LogP contribution in [0, 0.1) is 5.92 Å². The second-order valence-electron chi connectivity index (χ2n) is 6.50. The van der Waals surface area contributed by atoms with Crippen molar-refractivity contribution < 1.29 is 9.53 Å². The van der Waals surface area contributed by atoms with Crippen LogP contribution in [0.2, 0.25) is 0 Å². The lowest BCUT2D eigenvalue weighted by Gasteiger charge is -2.34. The van der Waals surface area contributed by atoms with E-state index < -0.39 is 5.60 Å².